The summed E-state index contributed by atoms with van der Waals surface area (Å²) in [4.78, 5) is 4.46. The molecule has 0 saturated heterocycles. The van der Waals surface area contributed by atoms with E-state index in [9.17, 15) is 0 Å². The molecule has 0 radical (unpaired) electrons. The van der Waals surface area contributed by atoms with Crippen LogP contribution >= 0.6 is 0 Å². The van der Waals surface area contributed by atoms with Crippen LogP contribution < -0.4 is 15.2 Å². The van der Waals surface area contributed by atoms with Crippen molar-refractivity contribution in [2.45, 2.75) is 32.9 Å². The highest BCUT2D eigenvalue weighted by Crippen LogP contribution is 2.38. The highest BCUT2D eigenvalue weighted by Gasteiger charge is 2.18. The summed E-state index contributed by atoms with van der Waals surface area (Å²) < 4.78 is 11.6. The van der Waals surface area contributed by atoms with Crippen LogP contribution in [0.4, 0.5) is 0 Å². The summed E-state index contributed by atoms with van der Waals surface area (Å²) in [6.45, 7) is 5.40. The Morgan fingerprint density at radius 3 is 3.00 bits per heavy atom. The van der Waals surface area contributed by atoms with E-state index in [0.717, 1.165) is 34.7 Å². The second-order valence-corrected chi connectivity index (χ2v) is 6.16. The first-order valence-electron chi connectivity index (χ1n) is 7.73. The molecule has 1 aliphatic heterocycles. The molecule has 4 nitrogen and oxygen atoms in total. The van der Waals surface area contributed by atoms with Gasteiger partial charge >= 0.3 is 0 Å². The van der Waals surface area contributed by atoms with Crippen molar-refractivity contribution in [1.29, 1.82) is 0 Å². The van der Waals surface area contributed by atoms with Gasteiger partial charge in [-0.1, -0.05) is 19.9 Å². The van der Waals surface area contributed by atoms with Gasteiger partial charge in [-0.2, -0.15) is 0 Å². The molecule has 2 N–H and O–H groups in total. The minimum absolute atomic E-state index is 0.0549. The average molecular weight is 298 g/mol. The van der Waals surface area contributed by atoms with Crippen molar-refractivity contribution in [2.75, 3.05) is 6.61 Å². The maximum absolute atomic E-state index is 6.06. The molecule has 1 unspecified atom stereocenters. The number of hydrogen-bond donors (Lipinski definition) is 1. The van der Waals surface area contributed by atoms with Crippen LogP contribution in [0.15, 0.2) is 36.5 Å². The molecule has 1 aromatic heterocycles. The average Bonchev–Trinajstić information content (AvgIpc) is 2.52. The van der Waals surface area contributed by atoms with Crippen LogP contribution in [0.5, 0.6) is 11.5 Å². The van der Waals surface area contributed by atoms with E-state index < -0.39 is 0 Å². The first kappa shape index (κ1) is 14.9. The van der Waals surface area contributed by atoms with Gasteiger partial charge in [0.25, 0.3) is 0 Å². The van der Waals surface area contributed by atoms with Gasteiger partial charge in [0.2, 0.25) is 0 Å². The molecule has 0 saturated carbocycles. The smallest absolute Gasteiger partial charge is 0.132 e. The van der Waals surface area contributed by atoms with Crippen molar-refractivity contribution < 1.29 is 9.47 Å². The van der Waals surface area contributed by atoms with Gasteiger partial charge in [-0.15, -0.1) is 0 Å². The van der Waals surface area contributed by atoms with E-state index in [1.54, 1.807) is 0 Å². The minimum atomic E-state index is 0.0549. The van der Waals surface area contributed by atoms with Crippen molar-refractivity contribution >= 4 is 0 Å². The van der Waals surface area contributed by atoms with Gasteiger partial charge in [0.05, 0.1) is 5.69 Å². The second-order valence-electron chi connectivity index (χ2n) is 6.16. The zero-order valence-electron chi connectivity index (χ0n) is 13.1. The van der Waals surface area contributed by atoms with Crippen LogP contribution in [0.25, 0.3) is 11.3 Å². The summed E-state index contributed by atoms with van der Waals surface area (Å²) in [6.07, 6.45) is 2.77. The van der Waals surface area contributed by atoms with Crippen molar-refractivity contribution in [2.24, 2.45) is 11.7 Å². The molecule has 2 aromatic rings. The number of aromatic nitrogens is 1. The Morgan fingerprint density at radius 1 is 1.32 bits per heavy atom. The van der Waals surface area contributed by atoms with Gasteiger partial charge in [0.1, 0.15) is 24.7 Å². The molecule has 2 heterocycles. The number of pyridine rings is 1. The van der Waals surface area contributed by atoms with Gasteiger partial charge in [-0.3, -0.25) is 4.98 Å². The molecule has 1 aromatic carbocycles. The molecule has 1 aliphatic rings. The standard InChI is InChI=1S/C18H22N2O2/c1-12(2)8-14(19)11-21-15-5-6-16-17(9-15)22-10-13-4-3-7-20-18(13)16/h3-7,9,12,14H,8,10-11,19H2,1-2H3. The number of hydrogen-bond acceptors (Lipinski definition) is 4. The van der Waals surface area contributed by atoms with Gasteiger partial charge in [-0.25, -0.2) is 0 Å². The molecule has 116 valence electrons. The Hall–Kier alpha value is -2.07. The highest BCUT2D eigenvalue weighted by molar-refractivity contribution is 5.72. The fourth-order valence-corrected chi connectivity index (χ4v) is 2.74. The molecule has 3 rings (SSSR count). The molecule has 22 heavy (non-hydrogen) atoms. The fraction of sp³-hybridized carbons (Fsp3) is 0.389. The van der Waals surface area contributed by atoms with Crippen LogP contribution in [0.1, 0.15) is 25.8 Å². The van der Waals surface area contributed by atoms with Crippen LogP contribution in [0, 0.1) is 5.92 Å². The fourth-order valence-electron chi connectivity index (χ4n) is 2.74. The summed E-state index contributed by atoms with van der Waals surface area (Å²) in [7, 11) is 0. The van der Waals surface area contributed by atoms with Gasteiger partial charge in [0, 0.05) is 29.4 Å². The van der Waals surface area contributed by atoms with Crippen LogP contribution in [0.2, 0.25) is 0 Å². The number of nitrogens with zero attached hydrogens (tertiary/aromatic N) is 1. The van der Waals surface area contributed by atoms with E-state index in [4.69, 9.17) is 15.2 Å². The molecule has 0 fully saturated rings. The van der Waals surface area contributed by atoms with Gasteiger partial charge in [-0.05, 0) is 30.5 Å². The lowest BCUT2D eigenvalue weighted by atomic mass is 10.0. The van der Waals surface area contributed by atoms with E-state index in [1.807, 2.05) is 36.5 Å². The normalized spacial score (nSPS) is 14.0. The molecule has 0 bridgehead atoms. The Morgan fingerprint density at radius 2 is 2.18 bits per heavy atom. The number of ether oxygens (including phenoxy) is 2. The van der Waals surface area contributed by atoms with E-state index in [0.29, 0.717) is 19.1 Å². The Kier molecular flexibility index (Phi) is 4.29. The lowest BCUT2D eigenvalue weighted by molar-refractivity contribution is 0.265. The quantitative estimate of drug-likeness (QED) is 0.919. The third kappa shape index (κ3) is 3.22. The zero-order valence-corrected chi connectivity index (χ0v) is 13.1. The number of rotatable bonds is 5. The molecular weight excluding hydrogens is 276 g/mol. The van der Waals surface area contributed by atoms with E-state index >= 15 is 0 Å². The summed E-state index contributed by atoms with van der Waals surface area (Å²) >= 11 is 0. The van der Waals surface area contributed by atoms with Crippen molar-refractivity contribution in [3.63, 3.8) is 0 Å². The SMILES string of the molecule is CC(C)CC(N)COc1ccc2c(c1)OCc1cccnc1-2. The zero-order chi connectivity index (χ0) is 15.5. The van der Waals surface area contributed by atoms with Gasteiger partial charge in [0.15, 0.2) is 0 Å². The Balaban J connectivity index is 1.73. The van der Waals surface area contributed by atoms with Crippen molar-refractivity contribution in [3.05, 3.63) is 42.1 Å². The lowest BCUT2D eigenvalue weighted by Crippen LogP contribution is -2.29. The van der Waals surface area contributed by atoms with Crippen LogP contribution in [-0.4, -0.2) is 17.6 Å². The molecule has 0 aliphatic carbocycles. The largest absolute Gasteiger partial charge is 0.492 e. The predicted octanol–water partition coefficient (Wildman–Crippen LogP) is 3.39. The van der Waals surface area contributed by atoms with E-state index in [1.165, 1.54) is 0 Å². The first-order chi connectivity index (χ1) is 10.6. The van der Waals surface area contributed by atoms with E-state index in [-0.39, 0.29) is 6.04 Å². The third-order valence-electron chi connectivity index (χ3n) is 3.72. The van der Waals surface area contributed by atoms with Crippen LogP contribution in [0.3, 0.4) is 0 Å². The highest BCUT2D eigenvalue weighted by atomic mass is 16.5. The maximum atomic E-state index is 6.06. The minimum Gasteiger partial charge on any atom is -0.492 e. The van der Waals surface area contributed by atoms with Crippen molar-refractivity contribution in [3.8, 4) is 22.8 Å². The van der Waals surface area contributed by atoms with E-state index in [2.05, 4.69) is 18.8 Å². The molecular formula is C18H22N2O2. The number of benzene rings is 1. The van der Waals surface area contributed by atoms with Crippen molar-refractivity contribution in [1.82, 2.24) is 4.98 Å². The third-order valence-corrected chi connectivity index (χ3v) is 3.72. The monoisotopic (exact) mass is 298 g/mol. The first-order valence-corrected chi connectivity index (χ1v) is 7.73. The summed E-state index contributed by atoms with van der Waals surface area (Å²) in [6, 6.07) is 9.91. The second kappa shape index (κ2) is 6.36. The summed E-state index contributed by atoms with van der Waals surface area (Å²) in [5.74, 6) is 2.19. The topological polar surface area (TPSA) is 57.4 Å². The van der Waals surface area contributed by atoms with Crippen LogP contribution in [-0.2, 0) is 6.61 Å². The molecule has 4 heteroatoms. The summed E-state index contributed by atoms with van der Waals surface area (Å²) in [5.41, 5.74) is 9.18. The molecule has 0 spiro atoms. The lowest BCUT2D eigenvalue weighted by Gasteiger charge is -2.21. The summed E-state index contributed by atoms with van der Waals surface area (Å²) in [5, 5.41) is 0. The number of fused-ring (bicyclic) bond motifs is 3. The van der Waals surface area contributed by atoms with Gasteiger partial charge < -0.3 is 15.2 Å². The molecule has 0 amide bonds. The Labute approximate surface area is 131 Å². The Bertz CT molecular complexity index is 655. The maximum Gasteiger partial charge on any atom is 0.132 e. The molecule has 1 atom stereocenters. The number of nitrogens with two attached hydrogens (primary N) is 1. The predicted molar refractivity (Wildman–Crippen MR) is 86.9 cm³/mol.